The Balaban J connectivity index is 2.37. The predicted molar refractivity (Wildman–Crippen MR) is 93.6 cm³/mol. The van der Waals surface area contributed by atoms with Crippen LogP contribution in [0, 0.1) is 20.2 Å². The summed E-state index contributed by atoms with van der Waals surface area (Å²) in [6, 6.07) is 8.26. The minimum atomic E-state index is -0.697. The molecular formula is C15H13ClN4O5. The topological polar surface area (TPSA) is 120 Å². The van der Waals surface area contributed by atoms with Gasteiger partial charge in [-0.2, -0.15) is 5.10 Å². The normalized spacial score (nSPS) is 11.1. The van der Waals surface area contributed by atoms with E-state index in [1.54, 1.807) is 18.2 Å². The van der Waals surface area contributed by atoms with E-state index in [1.165, 1.54) is 26.2 Å². The van der Waals surface area contributed by atoms with Crippen LogP contribution in [-0.4, -0.2) is 22.7 Å². The smallest absolute Gasteiger partial charge is 0.285 e. The van der Waals surface area contributed by atoms with Crippen molar-refractivity contribution in [2.24, 2.45) is 5.10 Å². The molecule has 0 amide bonds. The summed E-state index contributed by atoms with van der Waals surface area (Å²) in [6.07, 6.45) is 0. The number of anilines is 1. The molecule has 0 radical (unpaired) electrons. The molecule has 10 heteroatoms. The Hall–Kier alpha value is -3.20. The molecule has 0 saturated heterocycles. The van der Waals surface area contributed by atoms with Crippen molar-refractivity contribution < 1.29 is 14.6 Å². The molecule has 2 aromatic carbocycles. The molecule has 2 aromatic rings. The van der Waals surface area contributed by atoms with Gasteiger partial charge in [-0.3, -0.25) is 25.7 Å². The molecule has 130 valence electrons. The van der Waals surface area contributed by atoms with Crippen LogP contribution in [0.25, 0.3) is 0 Å². The lowest BCUT2D eigenvalue weighted by Crippen LogP contribution is -2.05. The zero-order chi connectivity index (χ0) is 18.6. The maximum Gasteiger partial charge on any atom is 0.285 e. The predicted octanol–water partition coefficient (Wildman–Crippen LogP) is 4.00. The number of nitro benzene ring substituents is 2. The molecule has 25 heavy (non-hydrogen) atoms. The fraction of sp³-hybridized carbons (Fsp3) is 0.133. The molecule has 0 fully saturated rings. The molecule has 0 aliphatic carbocycles. The summed E-state index contributed by atoms with van der Waals surface area (Å²) in [4.78, 5) is 20.6. The first-order chi connectivity index (χ1) is 11.8. The molecule has 0 atom stereocenters. The average Bonchev–Trinajstić information content (AvgIpc) is 2.60. The number of hydrogen-bond acceptors (Lipinski definition) is 7. The van der Waals surface area contributed by atoms with Crippen molar-refractivity contribution >= 4 is 34.4 Å². The summed E-state index contributed by atoms with van der Waals surface area (Å²) in [7, 11) is 1.50. The molecule has 0 spiro atoms. The maximum atomic E-state index is 11.2. The summed E-state index contributed by atoms with van der Waals surface area (Å²) < 4.78 is 5.09. The van der Waals surface area contributed by atoms with E-state index in [9.17, 15) is 20.2 Å². The highest BCUT2D eigenvalue weighted by Crippen LogP contribution is 2.28. The number of rotatable bonds is 6. The molecule has 0 aliphatic heterocycles. The second-order valence-electron chi connectivity index (χ2n) is 4.87. The van der Waals surface area contributed by atoms with Crippen LogP contribution in [0.5, 0.6) is 5.75 Å². The largest absolute Gasteiger partial charge is 0.497 e. The van der Waals surface area contributed by atoms with E-state index < -0.39 is 15.5 Å². The Kier molecular flexibility index (Phi) is 5.50. The van der Waals surface area contributed by atoms with E-state index in [-0.39, 0.29) is 17.0 Å². The van der Waals surface area contributed by atoms with Crippen LogP contribution in [0.15, 0.2) is 41.5 Å². The van der Waals surface area contributed by atoms with Gasteiger partial charge in [-0.05, 0) is 25.1 Å². The van der Waals surface area contributed by atoms with Crippen LogP contribution < -0.4 is 10.2 Å². The molecule has 0 saturated carbocycles. The van der Waals surface area contributed by atoms with Crippen LogP contribution in [0.1, 0.15) is 12.5 Å². The van der Waals surface area contributed by atoms with Crippen LogP contribution in [0.4, 0.5) is 17.1 Å². The minimum Gasteiger partial charge on any atom is -0.497 e. The summed E-state index contributed by atoms with van der Waals surface area (Å²) in [5.41, 5.74) is 2.80. The second kappa shape index (κ2) is 7.58. The van der Waals surface area contributed by atoms with Crippen molar-refractivity contribution in [2.75, 3.05) is 12.5 Å². The molecule has 1 N–H and O–H groups in total. The monoisotopic (exact) mass is 364 g/mol. The Bertz CT molecular complexity index is 869. The van der Waals surface area contributed by atoms with Gasteiger partial charge in [-0.25, -0.2) is 0 Å². The fourth-order valence-electron chi connectivity index (χ4n) is 2.01. The van der Waals surface area contributed by atoms with E-state index in [0.29, 0.717) is 16.5 Å². The van der Waals surface area contributed by atoms with Crippen molar-refractivity contribution in [1.29, 1.82) is 0 Å². The molecular weight excluding hydrogens is 352 g/mol. The van der Waals surface area contributed by atoms with Gasteiger partial charge in [0.1, 0.15) is 5.75 Å². The van der Waals surface area contributed by atoms with Gasteiger partial charge in [0.2, 0.25) is 0 Å². The highest BCUT2D eigenvalue weighted by atomic mass is 35.5. The number of halogens is 1. The van der Waals surface area contributed by atoms with E-state index >= 15 is 0 Å². The van der Waals surface area contributed by atoms with Crippen molar-refractivity contribution in [3.63, 3.8) is 0 Å². The van der Waals surface area contributed by atoms with E-state index in [2.05, 4.69) is 10.5 Å². The van der Waals surface area contributed by atoms with Gasteiger partial charge in [0.05, 0.1) is 45.0 Å². The standard InChI is InChI=1S/C15H13ClN4O5/c1-9(17-18-14-8-11(25-2)4-6-13(14)16)12-5-3-10(19(21)22)7-15(12)20(23)24/h3-8,18H,1-2H3. The number of nitrogens with one attached hydrogen (secondary N) is 1. The average molecular weight is 365 g/mol. The maximum absolute atomic E-state index is 11.2. The van der Waals surface area contributed by atoms with Crippen molar-refractivity contribution in [2.45, 2.75) is 6.92 Å². The number of nitrogens with zero attached hydrogens (tertiary/aromatic N) is 3. The first kappa shape index (κ1) is 18.1. The number of non-ortho nitro benzene ring substituents is 1. The van der Waals surface area contributed by atoms with E-state index in [4.69, 9.17) is 16.3 Å². The van der Waals surface area contributed by atoms with Gasteiger partial charge in [0, 0.05) is 12.1 Å². The molecule has 0 heterocycles. The molecule has 2 rings (SSSR count). The summed E-state index contributed by atoms with van der Waals surface area (Å²) in [5.74, 6) is 0.557. The zero-order valence-corrected chi connectivity index (χ0v) is 14.0. The third-order valence-corrected chi connectivity index (χ3v) is 3.63. The highest BCUT2D eigenvalue weighted by molar-refractivity contribution is 6.33. The lowest BCUT2D eigenvalue weighted by atomic mass is 10.1. The van der Waals surface area contributed by atoms with Gasteiger partial charge >= 0.3 is 0 Å². The number of methoxy groups -OCH3 is 1. The van der Waals surface area contributed by atoms with Crippen molar-refractivity contribution in [1.82, 2.24) is 0 Å². The molecule has 0 unspecified atom stereocenters. The highest BCUT2D eigenvalue weighted by Gasteiger charge is 2.21. The number of ether oxygens (including phenoxy) is 1. The lowest BCUT2D eigenvalue weighted by molar-refractivity contribution is -0.394. The van der Waals surface area contributed by atoms with Gasteiger partial charge in [-0.1, -0.05) is 11.6 Å². The van der Waals surface area contributed by atoms with Gasteiger partial charge in [-0.15, -0.1) is 0 Å². The van der Waals surface area contributed by atoms with Gasteiger partial charge < -0.3 is 4.74 Å². The Morgan fingerprint density at radius 2 is 1.88 bits per heavy atom. The van der Waals surface area contributed by atoms with Crippen molar-refractivity contribution in [3.8, 4) is 5.75 Å². The van der Waals surface area contributed by atoms with Crippen LogP contribution in [0.3, 0.4) is 0 Å². The van der Waals surface area contributed by atoms with Gasteiger partial charge in [0.15, 0.2) is 0 Å². The Morgan fingerprint density at radius 1 is 1.16 bits per heavy atom. The Labute approximate surface area is 147 Å². The number of hydrazone groups is 1. The van der Waals surface area contributed by atoms with Crippen LogP contribution in [-0.2, 0) is 0 Å². The van der Waals surface area contributed by atoms with Crippen LogP contribution >= 0.6 is 11.6 Å². The number of hydrogen-bond donors (Lipinski definition) is 1. The first-order valence-corrected chi connectivity index (χ1v) is 7.28. The molecule has 0 aliphatic rings. The first-order valence-electron chi connectivity index (χ1n) is 6.90. The van der Waals surface area contributed by atoms with Crippen molar-refractivity contribution in [3.05, 3.63) is 67.2 Å². The van der Waals surface area contributed by atoms with Crippen LogP contribution in [0.2, 0.25) is 5.02 Å². The molecule has 0 aromatic heterocycles. The fourth-order valence-corrected chi connectivity index (χ4v) is 2.17. The third-order valence-electron chi connectivity index (χ3n) is 3.30. The minimum absolute atomic E-state index is 0.155. The lowest BCUT2D eigenvalue weighted by Gasteiger charge is -2.08. The summed E-state index contributed by atoms with van der Waals surface area (Å²) >= 11 is 6.05. The molecule has 9 nitrogen and oxygen atoms in total. The number of nitro groups is 2. The number of benzene rings is 2. The summed E-state index contributed by atoms with van der Waals surface area (Å²) in [5, 5.41) is 26.4. The van der Waals surface area contributed by atoms with E-state index in [1.807, 2.05) is 0 Å². The second-order valence-corrected chi connectivity index (χ2v) is 5.28. The van der Waals surface area contributed by atoms with Gasteiger partial charge in [0.25, 0.3) is 11.4 Å². The van der Waals surface area contributed by atoms with E-state index in [0.717, 1.165) is 6.07 Å². The molecule has 0 bridgehead atoms. The Morgan fingerprint density at radius 3 is 2.48 bits per heavy atom. The summed E-state index contributed by atoms with van der Waals surface area (Å²) in [6.45, 7) is 1.54. The SMILES string of the molecule is COc1ccc(Cl)c(NN=C(C)c2ccc([N+](=O)[O-])cc2[N+](=O)[O-])c1. The quantitative estimate of drug-likeness (QED) is 0.470. The third kappa shape index (κ3) is 4.21. The zero-order valence-electron chi connectivity index (χ0n) is 13.2.